The van der Waals surface area contributed by atoms with E-state index in [1.165, 1.54) is 0 Å². The van der Waals surface area contributed by atoms with E-state index >= 15 is 4.39 Å². The Morgan fingerprint density at radius 2 is 2.06 bits per heavy atom. The number of hydrogen-bond acceptors (Lipinski definition) is 5. The van der Waals surface area contributed by atoms with Crippen molar-refractivity contribution in [1.29, 1.82) is 0 Å². The quantitative estimate of drug-likeness (QED) is 0.337. The van der Waals surface area contributed by atoms with Crippen LogP contribution >= 0.6 is 11.6 Å². The molecule has 8 nitrogen and oxygen atoms in total. The van der Waals surface area contributed by atoms with Crippen LogP contribution < -0.4 is 10.2 Å². The van der Waals surface area contributed by atoms with E-state index in [1.807, 2.05) is 12.1 Å². The molecule has 0 radical (unpaired) electrons. The van der Waals surface area contributed by atoms with Gasteiger partial charge in [-0.3, -0.25) is 14.9 Å². The highest BCUT2D eigenvalue weighted by molar-refractivity contribution is 6.36. The Kier molecular flexibility index (Phi) is 5.33. The van der Waals surface area contributed by atoms with Crippen LogP contribution in [0.2, 0.25) is 5.02 Å². The zero-order valence-corrected chi connectivity index (χ0v) is 19.8. The summed E-state index contributed by atoms with van der Waals surface area (Å²) in [6.45, 7) is 0.447. The van der Waals surface area contributed by atoms with Crippen LogP contribution in [0.4, 0.5) is 20.3 Å². The molecule has 0 spiro atoms. The van der Waals surface area contributed by atoms with E-state index in [0.717, 1.165) is 5.56 Å². The SMILES string of the molecule is CN(Cc1ccncc1)c1c(F)c(Cl)c(-c2ccc3nc(NC(=O)C4CC4F)cn3c2)c2cn[nH]c12. The van der Waals surface area contributed by atoms with Crippen LogP contribution in [0.3, 0.4) is 0 Å². The molecule has 1 saturated carbocycles. The standard InChI is InChI=1S/C25H20ClF2N7O/c1-34(10-13-4-6-29-7-5-13)24-22(28)21(26)20(16-9-30-33-23(16)24)14-2-3-19-31-18(12-35(19)11-14)32-25(36)15-8-17(15)27/h2-7,9,11-12,15,17H,8,10H2,1H3,(H,30,33)(H,32,36). The number of halogens is 3. The Hall–Kier alpha value is -4.05. The van der Waals surface area contributed by atoms with E-state index in [4.69, 9.17) is 11.6 Å². The number of nitrogens with zero attached hydrogens (tertiary/aromatic N) is 5. The van der Waals surface area contributed by atoms with Gasteiger partial charge >= 0.3 is 0 Å². The lowest BCUT2D eigenvalue weighted by atomic mass is 10.0. The number of hydrogen-bond donors (Lipinski definition) is 2. The van der Waals surface area contributed by atoms with Crippen LogP contribution in [0, 0.1) is 11.7 Å². The van der Waals surface area contributed by atoms with Gasteiger partial charge in [0.1, 0.15) is 17.5 Å². The van der Waals surface area contributed by atoms with Gasteiger partial charge in [-0.25, -0.2) is 13.8 Å². The fourth-order valence-corrected chi connectivity index (χ4v) is 4.73. The number of carbonyl (C=O) groups is 1. The number of anilines is 2. The maximum atomic E-state index is 15.8. The molecule has 0 aliphatic heterocycles. The summed E-state index contributed by atoms with van der Waals surface area (Å²) in [6.07, 6.45) is 7.52. The van der Waals surface area contributed by atoms with E-state index in [1.54, 1.807) is 59.5 Å². The molecule has 1 aliphatic rings. The molecule has 0 saturated heterocycles. The minimum absolute atomic E-state index is 0.0313. The van der Waals surface area contributed by atoms with Crippen molar-refractivity contribution in [2.24, 2.45) is 5.92 Å². The number of amides is 1. The van der Waals surface area contributed by atoms with Crippen molar-refractivity contribution in [2.45, 2.75) is 19.1 Å². The summed E-state index contributed by atoms with van der Waals surface area (Å²) in [4.78, 5) is 22.2. The number of carbonyl (C=O) groups excluding carboxylic acids is 1. The predicted octanol–water partition coefficient (Wildman–Crippen LogP) is 5.00. The molecule has 5 aromatic rings. The van der Waals surface area contributed by atoms with Crippen molar-refractivity contribution in [3.05, 3.63) is 71.7 Å². The zero-order valence-electron chi connectivity index (χ0n) is 19.0. The maximum absolute atomic E-state index is 15.8. The summed E-state index contributed by atoms with van der Waals surface area (Å²) in [5, 5.41) is 10.4. The van der Waals surface area contributed by atoms with Gasteiger partial charge in [0.15, 0.2) is 11.6 Å². The second-order valence-corrected chi connectivity index (χ2v) is 9.26. The van der Waals surface area contributed by atoms with Gasteiger partial charge in [0.2, 0.25) is 5.91 Å². The van der Waals surface area contributed by atoms with E-state index in [-0.39, 0.29) is 17.4 Å². The van der Waals surface area contributed by atoms with Gasteiger partial charge in [-0.15, -0.1) is 0 Å². The number of alkyl halides is 1. The maximum Gasteiger partial charge on any atom is 0.231 e. The molecule has 6 rings (SSSR count). The van der Waals surface area contributed by atoms with Crippen LogP contribution in [0.15, 0.2) is 55.2 Å². The average Bonchev–Trinajstić information content (AvgIpc) is 3.22. The molecule has 182 valence electrons. The number of fused-ring (bicyclic) bond motifs is 2. The van der Waals surface area contributed by atoms with Crippen molar-refractivity contribution >= 4 is 45.6 Å². The Bertz CT molecular complexity index is 1620. The third-order valence-corrected chi connectivity index (χ3v) is 6.71. The molecule has 36 heavy (non-hydrogen) atoms. The number of pyridine rings is 2. The van der Waals surface area contributed by atoms with Gasteiger partial charge in [0.05, 0.1) is 28.9 Å². The number of H-pyrrole nitrogens is 1. The predicted molar refractivity (Wildman–Crippen MR) is 133 cm³/mol. The molecular weight excluding hydrogens is 488 g/mol. The highest BCUT2D eigenvalue weighted by Crippen LogP contribution is 2.43. The first kappa shape index (κ1) is 22.4. The second kappa shape index (κ2) is 8.56. The summed E-state index contributed by atoms with van der Waals surface area (Å²) in [5.41, 5.74) is 3.49. The van der Waals surface area contributed by atoms with Crippen molar-refractivity contribution in [1.82, 2.24) is 24.6 Å². The number of imidazole rings is 1. The highest BCUT2D eigenvalue weighted by atomic mass is 35.5. The van der Waals surface area contributed by atoms with Crippen molar-refractivity contribution in [2.75, 3.05) is 17.3 Å². The fourth-order valence-electron chi connectivity index (χ4n) is 4.43. The number of rotatable bonds is 6. The Labute approximate surface area is 208 Å². The lowest BCUT2D eigenvalue weighted by Crippen LogP contribution is -2.18. The molecule has 11 heteroatoms. The van der Waals surface area contributed by atoms with Crippen LogP contribution in [-0.4, -0.2) is 43.7 Å². The van der Waals surface area contributed by atoms with Gasteiger partial charge in [-0.1, -0.05) is 11.6 Å². The summed E-state index contributed by atoms with van der Waals surface area (Å²) in [7, 11) is 1.79. The second-order valence-electron chi connectivity index (χ2n) is 8.88. The number of aromatic nitrogens is 5. The zero-order chi connectivity index (χ0) is 25.0. The number of benzene rings is 1. The molecule has 1 aromatic carbocycles. The molecule has 0 bridgehead atoms. The first-order chi connectivity index (χ1) is 17.4. The van der Waals surface area contributed by atoms with Gasteiger partial charge in [-0.05, 0) is 36.2 Å². The summed E-state index contributed by atoms with van der Waals surface area (Å²) >= 11 is 6.63. The molecular formula is C25H20ClF2N7O. The van der Waals surface area contributed by atoms with Crippen molar-refractivity contribution in [3.63, 3.8) is 0 Å². The summed E-state index contributed by atoms with van der Waals surface area (Å²) < 4.78 is 30.6. The third-order valence-electron chi connectivity index (χ3n) is 6.36. The summed E-state index contributed by atoms with van der Waals surface area (Å²) in [5.74, 6) is -1.25. The lowest BCUT2D eigenvalue weighted by Gasteiger charge is -2.22. The smallest absolute Gasteiger partial charge is 0.231 e. The van der Waals surface area contributed by atoms with Gasteiger partial charge in [0.25, 0.3) is 0 Å². The third kappa shape index (κ3) is 3.83. The molecule has 2 N–H and O–H groups in total. The Morgan fingerprint density at radius 3 is 2.81 bits per heavy atom. The largest absolute Gasteiger partial charge is 0.366 e. The topological polar surface area (TPSA) is 91.2 Å². The first-order valence-corrected chi connectivity index (χ1v) is 11.7. The van der Waals surface area contributed by atoms with Gasteiger partial charge in [-0.2, -0.15) is 5.10 Å². The Balaban J connectivity index is 1.38. The van der Waals surface area contributed by atoms with E-state index in [2.05, 4.69) is 25.5 Å². The van der Waals surface area contributed by atoms with Crippen molar-refractivity contribution in [3.8, 4) is 11.1 Å². The van der Waals surface area contributed by atoms with Crippen LogP contribution in [0.25, 0.3) is 27.7 Å². The number of nitrogens with one attached hydrogen (secondary N) is 2. The van der Waals surface area contributed by atoms with Crippen molar-refractivity contribution < 1.29 is 13.6 Å². The lowest BCUT2D eigenvalue weighted by molar-refractivity contribution is -0.117. The minimum Gasteiger partial charge on any atom is -0.366 e. The van der Waals surface area contributed by atoms with Gasteiger partial charge < -0.3 is 14.6 Å². The molecule has 4 aromatic heterocycles. The Morgan fingerprint density at radius 1 is 1.28 bits per heavy atom. The van der Waals surface area contributed by atoms with Crippen LogP contribution in [0.1, 0.15) is 12.0 Å². The van der Waals surface area contributed by atoms with Crippen LogP contribution in [0.5, 0.6) is 0 Å². The fraction of sp³-hybridized carbons (Fsp3) is 0.200. The molecule has 1 amide bonds. The van der Waals surface area contributed by atoms with E-state index in [0.29, 0.717) is 45.7 Å². The highest BCUT2D eigenvalue weighted by Gasteiger charge is 2.43. The van der Waals surface area contributed by atoms with Gasteiger partial charge in [0, 0.05) is 48.7 Å². The summed E-state index contributed by atoms with van der Waals surface area (Å²) in [6, 6.07) is 7.25. The molecule has 4 heterocycles. The monoisotopic (exact) mass is 507 g/mol. The average molecular weight is 508 g/mol. The van der Waals surface area contributed by atoms with E-state index in [9.17, 15) is 9.18 Å². The van der Waals surface area contributed by atoms with Crippen LogP contribution in [-0.2, 0) is 11.3 Å². The molecule has 2 unspecified atom stereocenters. The first-order valence-electron chi connectivity index (χ1n) is 11.3. The normalized spacial score (nSPS) is 17.0. The molecule has 1 fully saturated rings. The van der Waals surface area contributed by atoms with E-state index < -0.39 is 17.9 Å². The minimum atomic E-state index is -1.09. The molecule has 2 atom stereocenters. The molecule has 1 aliphatic carbocycles. The number of aromatic amines is 1.